The summed E-state index contributed by atoms with van der Waals surface area (Å²) in [7, 11) is 0. The highest BCUT2D eigenvalue weighted by Gasteiger charge is 2.23. The van der Waals surface area contributed by atoms with Crippen molar-refractivity contribution in [2.45, 2.75) is 0 Å². The van der Waals surface area contributed by atoms with E-state index in [1.165, 1.54) is 27.2 Å². The molecule has 0 aliphatic rings. The first kappa shape index (κ1) is 34.9. The highest BCUT2D eigenvalue weighted by Crippen LogP contribution is 2.47. The molecule has 0 atom stereocenters. The van der Waals surface area contributed by atoms with Gasteiger partial charge in [0.15, 0.2) is 0 Å². The molecular formula is C58H38N2O. The quantitative estimate of drug-likeness (QED) is 0.161. The summed E-state index contributed by atoms with van der Waals surface area (Å²) in [5, 5.41) is 7.04. The fourth-order valence-electron chi connectivity index (χ4n) is 9.40. The second-order valence-corrected chi connectivity index (χ2v) is 15.7. The number of rotatable bonds is 7. The van der Waals surface area contributed by atoms with Gasteiger partial charge in [-0.3, -0.25) is 0 Å². The smallest absolute Gasteiger partial charge is 0.143 e. The Morgan fingerprint density at radius 2 is 0.885 bits per heavy atom. The molecule has 2 aromatic heterocycles. The van der Waals surface area contributed by atoms with Crippen LogP contribution in [0.5, 0.6) is 0 Å². The summed E-state index contributed by atoms with van der Waals surface area (Å²) < 4.78 is 9.30. The van der Waals surface area contributed by atoms with Crippen LogP contribution in [0, 0.1) is 0 Å². The van der Waals surface area contributed by atoms with Crippen molar-refractivity contribution in [1.29, 1.82) is 0 Å². The van der Waals surface area contributed by atoms with Crippen LogP contribution in [-0.4, -0.2) is 4.57 Å². The van der Waals surface area contributed by atoms with E-state index in [2.05, 4.69) is 240 Å². The summed E-state index contributed by atoms with van der Waals surface area (Å²) in [6, 6.07) is 82.8. The van der Waals surface area contributed by atoms with Gasteiger partial charge in [-0.1, -0.05) is 176 Å². The Labute approximate surface area is 353 Å². The van der Waals surface area contributed by atoms with E-state index in [1.54, 1.807) is 0 Å². The lowest BCUT2D eigenvalue weighted by Crippen LogP contribution is -2.12. The number of para-hydroxylation sites is 5. The Hall–Kier alpha value is -8.14. The van der Waals surface area contributed by atoms with E-state index in [1.807, 2.05) is 0 Å². The van der Waals surface area contributed by atoms with Crippen molar-refractivity contribution in [2.75, 3.05) is 4.90 Å². The average molecular weight is 779 g/mol. The van der Waals surface area contributed by atoms with Crippen molar-refractivity contribution in [3.63, 3.8) is 0 Å². The number of benzene rings is 10. The molecule has 2 heterocycles. The van der Waals surface area contributed by atoms with Crippen LogP contribution in [-0.2, 0) is 0 Å². The van der Waals surface area contributed by atoms with Gasteiger partial charge in [0.1, 0.15) is 11.2 Å². The van der Waals surface area contributed by atoms with E-state index in [-0.39, 0.29) is 0 Å². The SMILES string of the molecule is c1ccc(-c2ccccc2N(c2ccc(-c3cccc(-n4c5ccccc5c5ccccc54)c3)cc2)c2ccccc2-c2cccc3c2oc2c4ccccc4ccc32)cc1. The zero-order valence-corrected chi connectivity index (χ0v) is 33.2. The molecule has 0 saturated carbocycles. The van der Waals surface area contributed by atoms with Crippen molar-refractivity contribution in [3.8, 4) is 39.1 Å². The first-order valence-electron chi connectivity index (χ1n) is 20.8. The van der Waals surface area contributed by atoms with Gasteiger partial charge < -0.3 is 13.9 Å². The van der Waals surface area contributed by atoms with Gasteiger partial charge in [0.05, 0.1) is 22.4 Å². The molecule has 61 heavy (non-hydrogen) atoms. The summed E-state index contributed by atoms with van der Waals surface area (Å²) in [5.74, 6) is 0. The zero-order chi connectivity index (χ0) is 40.3. The minimum absolute atomic E-state index is 0.885. The molecule has 0 amide bonds. The van der Waals surface area contributed by atoms with Crippen LogP contribution < -0.4 is 4.90 Å². The third-order valence-corrected chi connectivity index (χ3v) is 12.2. The number of anilines is 3. The highest BCUT2D eigenvalue weighted by atomic mass is 16.3. The van der Waals surface area contributed by atoms with Crippen molar-refractivity contribution < 1.29 is 4.42 Å². The monoisotopic (exact) mass is 778 g/mol. The Morgan fingerprint density at radius 3 is 1.66 bits per heavy atom. The normalized spacial score (nSPS) is 11.6. The predicted octanol–water partition coefficient (Wildman–Crippen LogP) is 16.3. The molecule has 0 spiro atoms. The van der Waals surface area contributed by atoms with E-state index >= 15 is 0 Å². The molecule has 0 aliphatic heterocycles. The number of hydrogen-bond acceptors (Lipinski definition) is 2. The van der Waals surface area contributed by atoms with Gasteiger partial charge in [0.25, 0.3) is 0 Å². The van der Waals surface area contributed by atoms with Crippen molar-refractivity contribution in [2.24, 2.45) is 0 Å². The van der Waals surface area contributed by atoms with Crippen LogP contribution in [0.25, 0.3) is 93.6 Å². The van der Waals surface area contributed by atoms with Gasteiger partial charge in [0, 0.05) is 55.0 Å². The number of aromatic nitrogens is 1. The summed E-state index contributed by atoms with van der Waals surface area (Å²) in [4.78, 5) is 2.41. The molecule has 3 heteroatoms. The minimum Gasteiger partial charge on any atom is -0.455 e. The molecule has 0 N–H and O–H groups in total. The Balaban J connectivity index is 1.02. The fraction of sp³-hybridized carbons (Fsp3) is 0. The van der Waals surface area contributed by atoms with Gasteiger partial charge in [-0.05, 0) is 76.7 Å². The number of hydrogen-bond donors (Lipinski definition) is 0. The van der Waals surface area contributed by atoms with Gasteiger partial charge in [0.2, 0.25) is 0 Å². The molecule has 0 unspecified atom stereocenters. The molecule has 0 saturated heterocycles. The first-order valence-corrected chi connectivity index (χ1v) is 20.8. The Bertz CT molecular complexity index is 3540. The highest BCUT2D eigenvalue weighted by molar-refractivity contribution is 6.18. The largest absolute Gasteiger partial charge is 0.455 e. The maximum atomic E-state index is 6.92. The van der Waals surface area contributed by atoms with Gasteiger partial charge in [-0.15, -0.1) is 0 Å². The number of furan rings is 1. The van der Waals surface area contributed by atoms with Gasteiger partial charge >= 0.3 is 0 Å². The number of nitrogens with zero attached hydrogens (tertiary/aromatic N) is 2. The third-order valence-electron chi connectivity index (χ3n) is 12.2. The zero-order valence-electron chi connectivity index (χ0n) is 33.2. The van der Waals surface area contributed by atoms with Crippen molar-refractivity contribution in [3.05, 3.63) is 231 Å². The van der Waals surface area contributed by atoms with E-state index in [0.29, 0.717) is 0 Å². The topological polar surface area (TPSA) is 21.3 Å². The molecule has 12 rings (SSSR count). The predicted molar refractivity (Wildman–Crippen MR) is 257 cm³/mol. The molecule has 0 radical (unpaired) electrons. The lowest BCUT2D eigenvalue weighted by molar-refractivity contribution is 0.674. The van der Waals surface area contributed by atoms with E-state index in [9.17, 15) is 0 Å². The van der Waals surface area contributed by atoms with Crippen LogP contribution in [0.2, 0.25) is 0 Å². The maximum absolute atomic E-state index is 6.92. The Morgan fingerprint density at radius 1 is 0.328 bits per heavy atom. The average Bonchev–Trinajstić information content (AvgIpc) is 3.89. The van der Waals surface area contributed by atoms with Crippen LogP contribution in [0.15, 0.2) is 235 Å². The molecular weight excluding hydrogens is 741 g/mol. The molecule has 10 aromatic carbocycles. The molecule has 286 valence electrons. The minimum atomic E-state index is 0.885. The molecule has 3 nitrogen and oxygen atoms in total. The fourth-order valence-corrected chi connectivity index (χ4v) is 9.40. The second kappa shape index (κ2) is 14.3. The van der Waals surface area contributed by atoms with E-state index in [0.717, 1.165) is 83.5 Å². The first-order chi connectivity index (χ1) is 30.3. The van der Waals surface area contributed by atoms with Crippen LogP contribution >= 0.6 is 0 Å². The lowest BCUT2D eigenvalue weighted by atomic mass is 9.97. The maximum Gasteiger partial charge on any atom is 0.143 e. The molecule has 0 aliphatic carbocycles. The molecule has 0 bridgehead atoms. The van der Waals surface area contributed by atoms with Crippen molar-refractivity contribution >= 4 is 71.6 Å². The third kappa shape index (κ3) is 5.74. The summed E-state index contributed by atoms with van der Waals surface area (Å²) in [6.07, 6.45) is 0. The Kier molecular flexibility index (Phi) is 8.17. The summed E-state index contributed by atoms with van der Waals surface area (Å²) >= 11 is 0. The van der Waals surface area contributed by atoms with Crippen LogP contribution in [0.3, 0.4) is 0 Å². The standard InChI is InChI=1S/C58H38N2O/c1-2-16-40(17-3-1)45-21-6-10-28-53(45)59(56-31-13-9-25-49(56)50-26-15-27-51-52-37-34-41-18-4-5-22-46(41)57(52)61-58(50)51)43-35-32-39(33-36-43)42-19-14-20-44(38-42)60-54-29-11-7-23-47(54)48-24-8-12-30-55(48)60/h1-38H. The molecule has 0 fully saturated rings. The van der Waals surface area contributed by atoms with E-state index < -0.39 is 0 Å². The van der Waals surface area contributed by atoms with Crippen LogP contribution in [0.4, 0.5) is 17.1 Å². The summed E-state index contributed by atoms with van der Waals surface area (Å²) in [6.45, 7) is 0. The van der Waals surface area contributed by atoms with Gasteiger partial charge in [-0.25, -0.2) is 0 Å². The van der Waals surface area contributed by atoms with E-state index in [4.69, 9.17) is 4.42 Å². The van der Waals surface area contributed by atoms with Crippen molar-refractivity contribution in [1.82, 2.24) is 4.57 Å². The van der Waals surface area contributed by atoms with Crippen LogP contribution in [0.1, 0.15) is 0 Å². The second-order valence-electron chi connectivity index (χ2n) is 15.7. The molecule has 12 aromatic rings. The summed E-state index contributed by atoms with van der Waals surface area (Å²) in [5.41, 5.74) is 15.3. The van der Waals surface area contributed by atoms with Gasteiger partial charge in [-0.2, -0.15) is 0 Å². The lowest BCUT2D eigenvalue weighted by Gasteiger charge is -2.30. The number of fused-ring (bicyclic) bond motifs is 8.